The lowest BCUT2D eigenvalue weighted by atomic mass is 10.0. The Bertz CT molecular complexity index is 1020. The van der Waals surface area contributed by atoms with Crippen LogP contribution in [0.15, 0.2) is 47.3 Å². The number of carboxylic acids is 1. The van der Waals surface area contributed by atoms with Crippen LogP contribution in [0.3, 0.4) is 0 Å². The first-order chi connectivity index (χ1) is 11.5. The number of hydrogen-bond acceptors (Lipinski definition) is 2. The second kappa shape index (κ2) is 6.30. The summed E-state index contributed by atoms with van der Waals surface area (Å²) in [7, 11) is 0. The molecule has 0 amide bonds. The molecular formula is C18H13Cl2NO3. The fraction of sp³-hybridized carbons (Fsp3) is 0.111. The standard InChI is InChI=1S/C18H13Cl2NO3/c1-2-21-14-6-4-3-5-11(14)17(22)15(18(23)24)16(21)10-7-8-12(19)13(20)9-10/h3-9H,2H2,1H3,(H,23,24). The summed E-state index contributed by atoms with van der Waals surface area (Å²) in [4.78, 5) is 24.5. The van der Waals surface area contributed by atoms with Crippen LogP contribution in [-0.2, 0) is 6.54 Å². The van der Waals surface area contributed by atoms with E-state index in [2.05, 4.69) is 0 Å². The van der Waals surface area contributed by atoms with Gasteiger partial charge in [0.2, 0.25) is 5.43 Å². The SMILES string of the molecule is CCn1c(-c2ccc(Cl)c(Cl)c2)c(C(=O)O)c(=O)c2ccccc21. The van der Waals surface area contributed by atoms with Gasteiger partial charge in [-0.25, -0.2) is 4.79 Å². The first-order valence-electron chi connectivity index (χ1n) is 7.30. The third-order valence-corrected chi connectivity index (χ3v) is 4.64. The van der Waals surface area contributed by atoms with Crippen LogP contribution in [0.2, 0.25) is 10.0 Å². The van der Waals surface area contributed by atoms with Crippen LogP contribution < -0.4 is 5.43 Å². The van der Waals surface area contributed by atoms with E-state index in [0.29, 0.717) is 38.8 Å². The van der Waals surface area contributed by atoms with E-state index in [-0.39, 0.29) is 5.56 Å². The summed E-state index contributed by atoms with van der Waals surface area (Å²) in [5, 5.41) is 10.7. The molecule has 3 aromatic rings. The van der Waals surface area contributed by atoms with Gasteiger partial charge >= 0.3 is 5.97 Å². The van der Waals surface area contributed by atoms with Crippen molar-refractivity contribution >= 4 is 40.1 Å². The number of carbonyl (C=O) groups is 1. The molecule has 1 aromatic heterocycles. The van der Waals surface area contributed by atoms with Gasteiger partial charge in [-0.15, -0.1) is 0 Å². The first kappa shape index (κ1) is 16.6. The van der Waals surface area contributed by atoms with Crippen LogP contribution in [0.4, 0.5) is 0 Å². The highest BCUT2D eigenvalue weighted by atomic mass is 35.5. The lowest BCUT2D eigenvalue weighted by molar-refractivity contribution is 0.0696. The Hall–Kier alpha value is -2.30. The number of fused-ring (bicyclic) bond motifs is 1. The minimum atomic E-state index is -1.27. The molecule has 122 valence electrons. The summed E-state index contributed by atoms with van der Waals surface area (Å²) in [5.41, 5.74) is 0.757. The Labute approximate surface area is 147 Å². The van der Waals surface area contributed by atoms with Crippen molar-refractivity contribution in [3.8, 4) is 11.3 Å². The van der Waals surface area contributed by atoms with E-state index in [1.807, 2.05) is 13.0 Å². The van der Waals surface area contributed by atoms with E-state index in [4.69, 9.17) is 23.2 Å². The molecule has 0 bridgehead atoms. The van der Waals surface area contributed by atoms with Crippen LogP contribution in [-0.4, -0.2) is 15.6 Å². The van der Waals surface area contributed by atoms with Gasteiger partial charge in [-0.05, 0) is 31.2 Å². The van der Waals surface area contributed by atoms with E-state index < -0.39 is 11.4 Å². The Kier molecular flexibility index (Phi) is 4.35. The first-order valence-corrected chi connectivity index (χ1v) is 8.05. The number of carboxylic acid groups (broad SMARTS) is 1. The molecule has 0 saturated carbocycles. The normalized spacial score (nSPS) is 11.0. The average molecular weight is 362 g/mol. The van der Waals surface area contributed by atoms with E-state index in [9.17, 15) is 14.7 Å². The zero-order chi connectivity index (χ0) is 17.4. The number of rotatable bonds is 3. The smallest absolute Gasteiger partial charge is 0.341 e. The summed E-state index contributed by atoms with van der Waals surface area (Å²) >= 11 is 12.0. The Morgan fingerprint density at radius 2 is 1.83 bits per heavy atom. The van der Waals surface area contributed by atoms with Crippen molar-refractivity contribution in [3.05, 3.63) is 68.3 Å². The molecule has 0 aliphatic heterocycles. The number of pyridine rings is 1. The number of halogens is 2. The lowest BCUT2D eigenvalue weighted by Gasteiger charge is -2.18. The zero-order valence-electron chi connectivity index (χ0n) is 12.7. The van der Waals surface area contributed by atoms with E-state index in [1.165, 1.54) is 0 Å². The molecule has 1 heterocycles. The topological polar surface area (TPSA) is 59.3 Å². The van der Waals surface area contributed by atoms with Crippen molar-refractivity contribution in [1.29, 1.82) is 0 Å². The number of aryl methyl sites for hydroxylation is 1. The van der Waals surface area contributed by atoms with E-state index >= 15 is 0 Å². The number of hydrogen-bond donors (Lipinski definition) is 1. The fourth-order valence-electron chi connectivity index (χ4n) is 2.87. The molecule has 0 unspecified atom stereocenters. The minimum Gasteiger partial charge on any atom is -0.477 e. The van der Waals surface area contributed by atoms with Crippen molar-refractivity contribution in [2.75, 3.05) is 0 Å². The van der Waals surface area contributed by atoms with Crippen LogP contribution in [0.25, 0.3) is 22.2 Å². The van der Waals surface area contributed by atoms with Gasteiger partial charge < -0.3 is 9.67 Å². The highest BCUT2D eigenvalue weighted by Crippen LogP contribution is 2.31. The maximum Gasteiger partial charge on any atom is 0.341 e. The molecular weight excluding hydrogens is 349 g/mol. The molecule has 24 heavy (non-hydrogen) atoms. The maximum absolute atomic E-state index is 12.7. The largest absolute Gasteiger partial charge is 0.477 e. The van der Waals surface area contributed by atoms with Gasteiger partial charge in [0.1, 0.15) is 5.56 Å². The highest BCUT2D eigenvalue weighted by molar-refractivity contribution is 6.42. The van der Waals surface area contributed by atoms with E-state index in [1.54, 1.807) is 41.0 Å². The summed E-state index contributed by atoms with van der Waals surface area (Å²) in [6.07, 6.45) is 0. The van der Waals surface area contributed by atoms with Crippen LogP contribution in [0.1, 0.15) is 17.3 Å². The predicted molar refractivity (Wildman–Crippen MR) is 96.3 cm³/mol. The zero-order valence-corrected chi connectivity index (χ0v) is 14.2. The third kappa shape index (κ3) is 2.58. The second-order valence-electron chi connectivity index (χ2n) is 5.25. The summed E-state index contributed by atoms with van der Waals surface area (Å²) in [6, 6.07) is 11.8. The minimum absolute atomic E-state index is 0.270. The lowest BCUT2D eigenvalue weighted by Crippen LogP contribution is -2.22. The number of aromatic nitrogens is 1. The van der Waals surface area contributed by atoms with Crippen molar-refractivity contribution in [2.24, 2.45) is 0 Å². The van der Waals surface area contributed by atoms with Crippen LogP contribution in [0, 0.1) is 0 Å². The molecule has 3 rings (SSSR count). The molecule has 2 aromatic carbocycles. The van der Waals surface area contributed by atoms with Crippen molar-refractivity contribution in [3.63, 3.8) is 0 Å². The molecule has 1 N–H and O–H groups in total. The number of aromatic carboxylic acids is 1. The van der Waals surface area contributed by atoms with Gasteiger partial charge in [0.25, 0.3) is 0 Å². The average Bonchev–Trinajstić information content (AvgIpc) is 2.57. The third-order valence-electron chi connectivity index (χ3n) is 3.90. The highest BCUT2D eigenvalue weighted by Gasteiger charge is 2.23. The maximum atomic E-state index is 12.7. The predicted octanol–water partition coefficient (Wildman–Crippen LogP) is 4.69. The van der Waals surface area contributed by atoms with Gasteiger partial charge in [-0.1, -0.05) is 41.4 Å². The van der Waals surface area contributed by atoms with E-state index in [0.717, 1.165) is 0 Å². The number of para-hydroxylation sites is 1. The molecule has 0 fully saturated rings. The van der Waals surface area contributed by atoms with Gasteiger partial charge in [-0.3, -0.25) is 4.79 Å². The van der Waals surface area contributed by atoms with Gasteiger partial charge in [0.15, 0.2) is 0 Å². The monoisotopic (exact) mass is 361 g/mol. The van der Waals surface area contributed by atoms with Gasteiger partial charge in [0.05, 0.1) is 21.3 Å². The number of nitrogens with zero attached hydrogens (tertiary/aromatic N) is 1. The summed E-state index contributed by atoms with van der Waals surface area (Å²) in [5.74, 6) is -1.27. The molecule has 0 aliphatic carbocycles. The molecule has 6 heteroatoms. The Morgan fingerprint density at radius 1 is 1.12 bits per heavy atom. The molecule has 0 atom stereocenters. The molecule has 0 saturated heterocycles. The fourth-order valence-corrected chi connectivity index (χ4v) is 3.17. The molecule has 4 nitrogen and oxygen atoms in total. The second-order valence-corrected chi connectivity index (χ2v) is 6.06. The van der Waals surface area contributed by atoms with Crippen molar-refractivity contribution in [2.45, 2.75) is 13.5 Å². The molecule has 0 radical (unpaired) electrons. The Balaban J connectivity index is 2.53. The molecule has 0 aliphatic rings. The quantitative estimate of drug-likeness (QED) is 0.735. The molecule has 0 spiro atoms. The van der Waals surface area contributed by atoms with Crippen LogP contribution in [0.5, 0.6) is 0 Å². The van der Waals surface area contributed by atoms with Gasteiger partial charge in [-0.2, -0.15) is 0 Å². The van der Waals surface area contributed by atoms with Crippen molar-refractivity contribution in [1.82, 2.24) is 4.57 Å². The summed E-state index contributed by atoms with van der Waals surface area (Å²) in [6.45, 7) is 2.39. The van der Waals surface area contributed by atoms with Crippen LogP contribution >= 0.6 is 23.2 Å². The van der Waals surface area contributed by atoms with Gasteiger partial charge in [0, 0.05) is 17.5 Å². The number of benzene rings is 2. The van der Waals surface area contributed by atoms with Crippen molar-refractivity contribution < 1.29 is 9.90 Å². The summed E-state index contributed by atoms with van der Waals surface area (Å²) < 4.78 is 1.81. The Morgan fingerprint density at radius 3 is 2.46 bits per heavy atom.